The molecule has 0 aromatic carbocycles. The first kappa shape index (κ1) is 7.32. The van der Waals surface area contributed by atoms with Gasteiger partial charge in [-0.15, -0.1) is 0 Å². The highest BCUT2D eigenvalue weighted by atomic mass is 15.1. The van der Waals surface area contributed by atoms with Gasteiger partial charge in [-0.3, -0.25) is 0 Å². The maximum absolute atomic E-state index is 4.22. The molecule has 68 valence electrons. The second kappa shape index (κ2) is 2.70. The molecule has 0 unspecified atom stereocenters. The number of pyridine rings is 2. The Labute approximate surface area is 81.0 Å². The summed E-state index contributed by atoms with van der Waals surface area (Å²) in [6.07, 6.45) is 3.52. The van der Waals surface area contributed by atoms with Gasteiger partial charge < -0.3 is 10.6 Å². The van der Waals surface area contributed by atoms with Crippen LogP contribution in [0.4, 0.5) is 23.0 Å². The molecule has 0 saturated heterocycles. The van der Waals surface area contributed by atoms with Gasteiger partial charge in [0.2, 0.25) is 0 Å². The average molecular weight is 184 g/mol. The first-order valence-corrected chi connectivity index (χ1v) is 4.37. The van der Waals surface area contributed by atoms with Gasteiger partial charge in [0.15, 0.2) is 11.6 Å². The molecule has 0 spiro atoms. The molecule has 2 aromatic rings. The van der Waals surface area contributed by atoms with E-state index in [1.165, 1.54) is 0 Å². The predicted octanol–water partition coefficient (Wildman–Crippen LogP) is 2.28. The van der Waals surface area contributed by atoms with Crippen LogP contribution in [0.2, 0.25) is 0 Å². The van der Waals surface area contributed by atoms with E-state index in [0.717, 1.165) is 23.0 Å². The first-order chi connectivity index (χ1) is 6.93. The summed E-state index contributed by atoms with van der Waals surface area (Å²) in [7, 11) is 0. The average Bonchev–Trinajstić information content (AvgIpc) is 2.26. The van der Waals surface area contributed by atoms with Crippen LogP contribution in [-0.2, 0) is 0 Å². The zero-order valence-electron chi connectivity index (χ0n) is 7.36. The second-order valence-corrected chi connectivity index (χ2v) is 3.05. The molecule has 0 atom stereocenters. The van der Waals surface area contributed by atoms with Gasteiger partial charge >= 0.3 is 0 Å². The lowest BCUT2D eigenvalue weighted by atomic mass is 10.2. The number of fused-ring (bicyclic) bond motifs is 2. The molecule has 0 amide bonds. The summed E-state index contributed by atoms with van der Waals surface area (Å²) in [5.41, 5.74) is 1.91. The van der Waals surface area contributed by atoms with E-state index in [-0.39, 0.29) is 0 Å². The third kappa shape index (κ3) is 1.01. The Balaban J connectivity index is 2.12. The lowest BCUT2D eigenvalue weighted by Crippen LogP contribution is -2.08. The third-order valence-electron chi connectivity index (χ3n) is 2.12. The molecule has 2 aromatic heterocycles. The predicted molar refractivity (Wildman–Crippen MR) is 55.0 cm³/mol. The molecule has 4 heteroatoms. The normalized spacial score (nSPS) is 12.0. The van der Waals surface area contributed by atoms with Crippen molar-refractivity contribution in [2.24, 2.45) is 0 Å². The van der Waals surface area contributed by atoms with E-state index >= 15 is 0 Å². The van der Waals surface area contributed by atoms with Gasteiger partial charge in [0.1, 0.15) is 0 Å². The quantitative estimate of drug-likeness (QED) is 0.562. The summed E-state index contributed by atoms with van der Waals surface area (Å²) in [5.74, 6) is 1.68. The molecule has 2 N–H and O–H groups in total. The van der Waals surface area contributed by atoms with E-state index in [0.29, 0.717) is 0 Å². The lowest BCUT2D eigenvalue weighted by molar-refractivity contribution is 1.23. The van der Waals surface area contributed by atoms with E-state index in [4.69, 9.17) is 0 Å². The van der Waals surface area contributed by atoms with Crippen molar-refractivity contribution in [3.8, 4) is 0 Å². The van der Waals surface area contributed by atoms with Gasteiger partial charge in [-0.25, -0.2) is 9.97 Å². The number of hydrogen-bond donors (Lipinski definition) is 2. The van der Waals surface area contributed by atoms with E-state index in [1.807, 2.05) is 24.3 Å². The largest absolute Gasteiger partial charge is 0.335 e. The molecule has 1 aliphatic heterocycles. The zero-order valence-corrected chi connectivity index (χ0v) is 7.36. The monoisotopic (exact) mass is 184 g/mol. The Morgan fingerprint density at radius 3 is 1.79 bits per heavy atom. The molecule has 0 aliphatic carbocycles. The minimum atomic E-state index is 0.841. The van der Waals surface area contributed by atoms with Gasteiger partial charge in [0, 0.05) is 12.4 Å². The van der Waals surface area contributed by atoms with Crippen molar-refractivity contribution in [3.63, 3.8) is 0 Å². The smallest absolute Gasteiger partial charge is 0.154 e. The highest BCUT2D eigenvalue weighted by Crippen LogP contribution is 2.34. The summed E-state index contributed by atoms with van der Waals surface area (Å²) in [4.78, 5) is 8.43. The second-order valence-electron chi connectivity index (χ2n) is 3.05. The van der Waals surface area contributed by atoms with Gasteiger partial charge in [0.05, 0.1) is 11.4 Å². The van der Waals surface area contributed by atoms with Crippen molar-refractivity contribution in [2.75, 3.05) is 10.6 Å². The van der Waals surface area contributed by atoms with Crippen LogP contribution in [0.15, 0.2) is 36.7 Å². The highest BCUT2D eigenvalue weighted by molar-refractivity contribution is 5.85. The molecular formula is C10H8N4. The number of nitrogens with one attached hydrogen (secondary N) is 2. The number of aromatic nitrogens is 2. The summed E-state index contributed by atoms with van der Waals surface area (Å²) < 4.78 is 0. The Bertz CT molecular complexity index is 394. The molecule has 0 bridgehead atoms. The molecule has 4 nitrogen and oxygen atoms in total. The van der Waals surface area contributed by atoms with Gasteiger partial charge in [0.25, 0.3) is 0 Å². The maximum Gasteiger partial charge on any atom is 0.154 e. The molecule has 1 aliphatic rings. The number of rotatable bonds is 0. The fourth-order valence-electron chi connectivity index (χ4n) is 1.47. The van der Waals surface area contributed by atoms with Crippen molar-refractivity contribution in [3.05, 3.63) is 36.7 Å². The van der Waals surface area contributed by atoms with Gasteiger partial charge in [-0.2, -0.15) is 0 Å². The van der Waals surface area contributed by atoms with Crippen LogP contribution in [0, 0.1) is 0 Å². The van der Waals surface area contributed by atoms with Crippen molar-refractivity contribution >= 4 is 23.0 Å². The molecule has 3 rings (SSSR count). The standard InChI is InChI=1S/C10H8N4/c1-3-7-9(11-5-1)14-8-4-2-6-12-10(8)13-7/h1-6H,(H,11,14)(H,12,13). The van der Waals surface area contributed by atoms with Crippen LogP contribution in [0.3, 0.4) is 0 Å². The Hall–Kier alpha value is -2.10. The minimum absolute atomic E-state index is 0.841. The number of hydrogen-bond acceptors (Lipinski definition) is 4. The fraction of sp³-hybridized carbons (Fsp3) is 0. The SMILES string of the molecule is c1cnc2c(c1)Nc1ncccc1N2. The molecule has 0 radical (unpaired) electrons. The third-order valence-corrected chi connectivity index (χ3v) is 2.12. The van der Waals surface area contributed by atoms with Crippen molar-refractivity contribution < 1.29 is 0 Å². The van der Waals surface area contributed by atoms with Crippen LogP contribution in [-0.4, -0.2) is 9.97 Å². The van der Waals surface area contributed by atoms with Crippen LogP contribution in [0.1, 0.15) is 0 Å². The molecule has 14 heavy (non-hydrogen) atoms. The molecule has 0 saturated carbocycles. The first-order valence-electron chi connectivity index (χ1n) is 4.37. The summed E-state index contributed by atoms with van der Waals surface area (Å²) in [5, 5.41) is 6.41. The van der Waals surface area contributed by atoms with Crippen molar-refractivity contribution in [2.45, 2.75) is 0 Å². The summed E-state index contributed by atoms with van der Waals surface area (Å²) in [6, 6.07) is 7.71. The maximum atomic E-state index is 4.22. The van der Waals surface area contributed by atoms with Crippen LogP contribution < -0.4 is 10.6 Å². The molecule has 3 heterocycles. The number of nitrogens with zero attached hydrogens (tertiary/aromatic N) is 2. The zero-order chi connectivity index (χ0) is 9.38. The van der Waals surface area contributed by atoms with Crippen LogP contribution in [0.5, 0.6) is 0 Å². The van der Waals surface area contributed by atoms with E-state index in [2.05, 4.69) is 20.6 Å². The molecule has 0 fully saturated rings. The Morgan fingerprint density at radius 1 is 0.786 bits per heavy atom. The summed E-state index contributed by atoms with van der Waals surface area (Å²) >= 11 is 0. The van der Waals surface area contributed by atoms with E-state index < -0.39 is 0 Å². The van der Waals surface area contributed by atoms with Gasteiger partial charge in [-0.05, 0) is 24.3 Å². The Kier molecular flexibility index (Phi) is 1.41. The van der Waals surface area contributed by atoms with Crippen molar-refractivity contribution in [1.82, 2.24) is 9.97 Å². The summed E-state index contributed by atoms with van der Waals surface area (Å²) in [6.45, 7) is 0. The van der Waals surface area contributed by atoms with E-state index in [1.54, 1.807) is 12.4 Å². The Morgan fingerprint density at radius 2 is 1.29 bits per heavy atom. The fourth-order valence-corrected chi connectivity index (χ4v) is 1.47. The minimum Gasteiger partial charge on any atom is -0.335 e. The highest BCUT2D eigenvalue weighted by Gasteiger charge is 2.14. The number of anilines is 4. The molecular weight excluding hydrogens is 176 g/mol. The lowest BCUT2D eigenvalue weighted by Gasteiger charge is -2.20. The van der Waals surface area contributed by atoms with Gasteiger partial charge in [-0.1, -0.05) is 0 Å². The van der Waals surface area contributed by atoms with Crippen molar-refractivity contribution in [1.29, 1.82) is 0 Å². The topological polar surface area (TPSA) is 49.8 Å². The van der Waals surface area contributed by atoms with Crippen LogP contribution >= 0.6 is 0 Å². The van der Waals surface area contributed by atoms with Crippen LogP contribution in [0.25, 0.3) is 0 Å². The van der Waals surface area contributed by atoms with E-state index in [9.17, 15) is 0 Å².